The van der Waals surface area contributed by atoms with Gasteiger partial charge in [-0.1, -0.05) is 22.0 Å². The van der Waals surface area contributed by atoms with Crippen molar-refractivity contribution in [2.75, 3.05) is 11.9 Å². The summed E-state index contributed by atoms with van der Waals surface area (Å²) in [4.78, 5) is 37.3. The minimum atomic E-state index is -0.546. The number of benzene rings is 2. The molecule has 2 aromatic carbocycles. The summed E-state index contributed by atoms with van der Waals surface area (Å²) >= 11 is 3.17. The van der Waals surface area contributed by atoms with Crippen molar-refractivity contribution < 1.29 is 9.18 Å². The fourth-order valence-corrected chi connectivity index (χ4v) is 2.78. The molecule has 0 saturated carbocycles. The zero-order chi connectivity index (χ0) is 18.8. The minimum absolute atomic E-state index is 0.119. The summed E-state index contributed by atoms with van der Waals surface area (Å²) in [6, 6.07) is 12.8. The predicted molar refractivity (Wildman–Crippen MR) is 99.5 cm³/mol. The molecule has 3 aromatic rings. The first-order valence-electron chi connectivity index (χ1n) is 7.53. The third-order valence-corrected chi connectivity index (χ3v) is 4.24. The monoisotopic (exact) mass is 417 g/mol. The van der Waals surface area contributed by atoms with Gasteiger partial charge in [-0.25, -0.2) is 9.07 Å². The summed E-state index contributed by atoms with van der Waals surface area (Å²) in [7, 11) is 1.46. The topological polar surface area (TPSA) is 75.2 Å². The van der Waals surface area contributed by atoms with Gasteiger partial charge in [-0.05, 0) is 36.4 Å². The van der Waals surface area contributed by atoms with E-state index in [2.05, 4.69) is 21.0 Å². The van der Waals surface area contributed by atoms with Crippen molar-refractivity contribution in [2.24, 2.45) is 0 Å². The number of nitrogens with one attached hydrogen (secondary N) is 1. The zero-order valence-corrected chi connectivity index (χ0v) is 15.2. The molecule has 8 heteroatoms. The van der Waals surface area contributed by atoms with E-state index in [9.17, 15) is 18.8 Å². The van der Waals surface area contributed by atoms with Crippen molar-refractivity contribution in [2.45, 2.75) is 0 Å². The van der Waals surface area contributed by atoms with E-state index in [4.69, 9.17) is 0 Å². The number of hydrogen-bond donors (Lipinski definition) is 1. The molecule has 0 atom stereocenters. The van der Waals surface area contributed by atoms with Crippen molar-refractivity contribution >= 4 is 27.5 Å². The molecule has 0 aliphatic heterocycles. The van der Waals surface area contributed by atoms with Gasteiger partial charge in [0.2, 0.25) is 0 Å². The van der Waals surface area contributed by atoms with Crippen molar-refractivity contribution in [1.29, 1.82) is 0 Å². The van der Waals surface area contributed by atoms with Gasteiger partial charge in [-0.3, -0.25) is 19.5 Å². The molecular weight excluding hydrogens is 405 g/mol. The Bertz CT molecular complexity index is 1110. The van der Waals surface area contributed by atoms with Crippen LogP contribution in [0.25, 0.3) is 5.69 Å². The first-order chi connectivity index (χ1) is 12.4. The Morgan fingerprint density at radius 1 is 1.12 bits per heavy atom. The molecule has 26 heavy (non-hydrogen) atoms. The van der Waals surface area contributed by atoms with Crippen molar-refractivity contribution in [3.63, 3.8) is 0 Å². The highest BCUT2D eigenvalue weighted by Gasteiger charge is 2.17. The molecule has 0 unspecified atom stereocenters. The lowest BCUT2D eigenvalue weighted by Crippen LogP contribution is -2.28. The van der Waals surface area contributed by atoms with Crippen LogP contribution >= 0.6 is 15.9 Å². The maximum absolute atomic E-state index is 14.1. The number of hydrogen-bond acceptors (Lipinski definition) is 3. The van der Waals surface area contributed by atoms with Crippen molar-refractivity contribution in [3.8, 4) is 5.69 Å². The highest BCUT2D eigenvalue weighted by atomic mass is 79.9. The SMILES string of the molecule is CN(C(=O)c1cccc(-n2[nH]c(=O)ccc2=O)c1)c1ccc(Br)cc1F. The van der Waals surface area contributed by atoms with Gasteiger partial charge >= 0.3 is 0 Å². The number of aromatic amines is 1. The lowest BCUT2D eigenvalue weighted by Gasteiger charge is -2.18. The van der Waals surface area contributed by atoms with E-state index in [-0.39, 0.29) is 11.3 Å². The second-order valence-corrected chi connectivity index (χ2v) is 6.41. The van der Waals surface area contributed by atoms with Crippen molar-refractivity contribution in [3.05, 3.63) is 91.2 Å². The number of rotatable bonds is 3. The molecule has 3 rings (SSSR count). The summed E-state index contributed by atoms with van der Waals surface area (Å²) in [6.45, 7) is 0. The molecule has 1 amide bonds. The number of carbonyl (C=O) groups is 1. The van der Waals surface area contributed by atoms with Gasteiger partial charge in [0.05, 0.1) is 11.4 Å². The van der Waals surface area contributed by atoms with E-state index < -0.39 is 22.8 Å². The molecule has 0 bridgehead atoms. The van der Waals surface area contributed by atoms with E-state index in [1.807, 2.05) is 0 Å². The van der Waals surface area contributed by atoms with Gasteiger partial charge in [0.15, 0.2) is 0 Å². The summed E-state index contributed by atoms with van der Waals surface area (Å²) in [5, 5.41) is 2.39. The third-order valence-electron chi connectivity index (χ3n) is 3.75. The van der Waals surface area contributed by atoms with Crippen LogP contribution in [0.4, 0.5) is 10.1 Å². The summed E-state index contributed by atoms with van der Waals surface area (Å²) in [5.41, 5.74) is -0.210. The third kappa shape index (κ3) is 3.50. The van der Waals surface area contributed by atoms with E-state index in [1.54, 1.807) is 24.3 Å². The fourth-order valence-electron chi connectivity index (χ4n) is 2.45. The number of aromatic nitrogens is 2. The quantitative estimate of drug-likeness (QED) is 0.711. The molecule has 0 aliphatic rings. The number of amides is 1. The van der Waals surface area contributed by atoms with Crippen LogP contribution in [0.15, 0.2) is 68.7 Å². The van der Waals surface area contributed by atoms with Crippen LogP contribution in [-0.4, -0.2) is 22.7 Å². The molecule has 132 valence electrons. The Morgan fingerprint density at radius 2 is 1.88 bits per heavy atom. The maximum Gasteiger partial charge on any atom is 0.269 e. The first-order valence-corrected chi connectivity index (χ1v) is 8.32. The average Bonchev–Trinajstić information content (AvgIpc) is 2.62. The Labute approximate surface area is 155 Å². The molecule has 6 nitrogen and oxygen atoms in total. The Hall–Kier alpha value is -3.00. The van der Waals surface area contributed by atoms with Gasteiger partial charge in [-0.15, -0.1) is 0 Å². The highest BCUT2D eigenvalue weighted by Crippen LogP contribution is 2.24. The molecule has 1 aromatic heterocycles. The Kier molecular flexibility index (Phi) is 4.85. The number of H-pyrrole nitrogens is 1. The number of nitrogens with zero attached hydrogens (tertiary/aromatic N) is 2. The summed E-state index contributed by atoms with van der Waals surface area (Å²) in [6.07, 6.45) is 0. The fraction of sp³-hybridized carbons (Fsp3) is 0.0556. The van der Waals surface area contributed by atoms with Crippen LogP contribution in [-0.2, 0) is 0 Å². The lowest BCUT2D eigenvalue weighted by molar-refractivity contribution is 0.0992. The van der Waals surface area contributed by atoms with Crippen LogP contribution in [0.1, 0.15) is 10.4 Å². The molecule has 1 N–H and O–H groups in total. The normalized spacial score (nSPS) is 10.6. The smallest absolute Gasteiger partial charge is 0.269 e. The summed E-state index contributed by atoms with van der Waals surface area (Å²) in [5.74, 6) is -1.01. The van der Waals surface area contributed by atoms with Crippen LogP contribution in [0.5, 0.6) is 0 Å². The van der Waals surface area contributed by atoms with Crippen LogP contribution in [0.3, 0.4) is 0 Å². The second kappa shape index (κ2) is 7.09. The van der Waals surface area contributed by atoms with Crippen LogP contribution in [0, 0.1) is 5.82 Å². The van der Waals surface area contributed by atoms with Crippen LogP contribution in [0.2, 0.25) is 0 Å². The van der Waals surface area contributed by atoms with E-state index in [0.29, 0.717) is 10.2 Å². The number of carbonyl (C=O) groups excluding carboxylic acids is 1. The van der Waals surface area contributed by atoms with Crippen LogP contribution < -0.4 is 16.0 Å². The molecule has 0 saturated heterocycles. The standard InChI is InChI=1S/C18H13BrFN3O3/c1-22(15-6-5-12(19)10-14(15)20)18(26)11-3-2-4-13(9-11)23-17(25)8-7-16(24)21-23/h2-10H,1H3,(H,21,24). The highest BCUT2D eigenvalue weighted by molar-refractivity contribution is 9.10. The molecule has 1 heterocycles. The van der Waals surface area contributed by atoms with Gasteiger partial charge < -0.3 is 4.90 Å². The number of anilines is 1. The molecule has 0 radical (unpaired) electrons. The van der Waals surface area contributed by atoms with Gasteiger partial charge in [0, 0.05) is 29.2 Å². The molecule has 0 fully saturated rings. The van der Waals surface area contributed by atoms with Gasteiger partial charge in [0.1, 0.15) is 5.82 Å². The van der Waals surface area contributed by atoms with E-state index >= 15 is 0 Å². The van der Waals surface area contributed by atoms with Crippen molar-refractivity contribution in [1.82, 2.24) is 9.78 Å². The second-order valence-electron chi connectivity index (χ2n) is 5.49. The van der Waals surface area contributed by atoms with Gasteiger partial charge in [-0.2, -0.15) is 0 Å². The Balaban J connectivity index is 1.99. The minimum Gasteiger partial charge on any atom is -0.309 e. The zero-order valence-electron chi connectivity index (χ0n) is 13.6. The van der Waals surface area contributed by atoms with Gasteiger partial charge in [0.25, 0.3) is 17.0 Å². The molecule has 0 spiro atoms. The average molecular weight is 418 g/mol. The number of halogens is 2. The largest absolute Gasteiger partial charge is 0.309 e. The maximum atomic E-state index is 14.1. The molecular formula is C18H13BrFN3O3. The lowest BCUT2D eigenvalue weighted by atomic mass is 10.1. The molecule has 0 aliphatic carbocycles. The summed E-state index contributed by atoms with van der Waals surface area (Å²) < 4.78 is 15.7. The Morgan fingerprint density at radius 3 is 2.62 bits per heavy atom. The predicted octanol–water partition coefficient (Wildman–Crippen LogP) is 2.70. The van der Waals surface area contributed by atoms with E-state index in [0.717, 1.165) is 16.8 Å². The first kappa shape index (κ1) is 17.8. The van der Waals surface area contributed by atoms with E-state index in [1.165, 1.54) is 30.1 Å².